The van der Waals surface area contributed by atoms with Crippen LogP contribution in [0.2, 0.25) is 0 Å². The molecule has 0 radical (unpaired) electrons. The van der Waals surface area contributed by atoms with Gasteiger partial charge in [0.05, 0.1) is 0 Å². The van der Waals surface area contributed by atoms with Crippen LogP contribution in [-0.2, 0) is 0 Å². The third-order valence-electron chi connectivity index (χ3n) is 0.370. The van der Waals surface area contributed by atoms with E-state index in [9.17, 15) is 0 Å². The van der Waals surface area contributed by atoms with Crippen LogP contribution in [0.1, 0.15) is 6.92 Å². The molecule has 1 nitrogen and oxygen atoms in total. The van der Waals surface area contributed by atoms with E-state index in [2.05, 4.69) is 11.2 Å². The zero-order chi connectivity index (χ0) is 5.70. The van der Waals surface area contributed by atoms with E-state index in [1.807, 2.05) is 6.26 Å². The van der Waals surface area contributed by atoms with Gasteiger partial charge in [0, 0.05) is 0 Å². The second kappa shape index (κ2) is 4.04. The SMILES string of the molecule is CSC#CC(C)O. The van der Waals surface area contributed by atoms with Gasteiger partial charge >= 0.3 is 0 Å². The second-order valence-corrected chi connectivity index (χ2v) is 1.74. The van der Waals surface area contributed by atoms with Crippen molar-refractivity contribution in [3.63, 3.8) is 0 Å². The van der Waals surface area contributed by atoms with Gasteiger partial charge in [-0.2, -0.15) is 0 Å². The van der Waals surface area contributed by atoms with Crippen LogP contribution < -0.4 is 0 Å². The Morgan fingerprint density at radius 1 is 1.71 bits per heavy atom. The van der Waals surface area contributed by atoms with Crippen LogP contribution in [0.3, 0.4) is 0 Å². The molecule has 1 unspecified atom stereocenters. The molecule has 0 amide bonds. The molecule has 0 aliphatic heterocycles. The normalized spacial score (nSPS) is 11.9. The maximum atomic E-state index is 8.50. The fourth-order valence-electron chi connectivity index (χ4n) is 0.144. The van der Waals surface area contributed by atoms with Crippen molar-refractivity contribution in [2.45, 2.75) is 13.0 Å². The van der Waals surface area contributed by atoms with Crippen LogP contribution >= 0.6 is 11.8 Å². The average Bonchev–Trinajstić information content (AvgIpc) is 1.61. The van der Waals surface area contributed by atoms with Gasteiger partial charge in [-0.25, -0.2) is 0 Å². The van der Waals surface area contributed by atoms with Crippen LogP contribution in [0, 0.1) is 11.2 Å². The van der Waals surface area contributed by atoms with Crippen molar-refractivity contribution in [2.24, 2.45) is 0 Å². The monoisotopic (exact) mass is 116 g/mol. The molecule has 0 aliphatic carbocycles. The van der Waals surface area contributed by atoms with E-state index >= 15 is 0 Å². The summed E-state index contributed by atoms with van der Waals surface area (Å²) in [6.45, 7) is 1.64. The molecule has 7 heavy (non-hydrogen) atoms. The minimum absolute atomic E-state index is 0.479. The number of hydrogen-bond acceptors (Lipinski definition) is 2. The lowest BCUT2D eigenvalue weighted by Gasteiger charge is -1.83. The van der Waals surface area contributed by atoms with Crippen molar-refractivity contribution in [3.05, 3.63) is 0 Å². The van der Waals surface area contributed by atoms with Crippen LogP contribution in [-0.4, -0.2) is 17.5 Å². The lowest BCUT2D eigenvalue weighted by Crippen LogP contribution is -1.91. The summed E-state index contributed by atoms with van der Waals surface area (Å²) >= 11 is 1.41. The van der Waals surface area contributed by atoms with Crippen LogP contribution in [0.5, 0.6) is 0 Å². The first kappa shape index (κ1) is 6.87. The van der Waals surface area contributed by atoms with Crippen LogP contribution in [0.15, 0.2) is 0 Å². The van der Waals surface area contributed by atoms with Crippen molar-refractivity contribution in [1.82, 2.24) is 0 Å². The fourth-order valence-corrected chi connectivity index (χ4v) is 0.433. The third-order valence-corrected chi connectivity index (χ3v) is 0.692. The molecule has 0 saturated heterocycles. The first-order chi connectivity index (χ1) is 3.27. The molecular weight excluding hydrogens is 108 g/mol. The van der Waals surface area contributed by atoms with E-state index in [0.717, 1.165) is 0 Å². The summed E-state index contributed by atoms with van der Waals surface area (Å²) < 4.78 is 0. The number of thioether (sulfide) groups is 1. The summed E-state index contributed by atoms with van der Waals surface area (Å²) in [6, 6.07) is 0. The number of hydrogen-bond donors (Lipinski definition) is 1. The van der Waals surface area contributed by atoms with Gasteiger partial charge in [0.1, 0.15) is 6.10 Å². The molecule has 2 heteroatoms. The van der Waals surface area contributed by atoms with Crippen LogP contribution in [0.25, 0.3) is 0 Å². The van der Waals surface area contributed by atoms with E-state index in [0.29, 0.717) is 0 Å². The Balaban J connectivity index is 3.24. The summed E-state index contributed by atoms with van der Waals surface area (Å²) in [5, 5.41) is 11.2. The molecule has 1 atom stereocenters. The van der Waals surface area contributed by atoms with Gasteiger partial charge in [0.25, 0.3) is 0 Å². The zero-order valence-electron chi connectivity index (χ0n) is 4.43. The maximum absolute atomic E-state index is 8.50. The summed E-state index contributed by atoms with van der Waals surface area (Å²) in [4.78, 5) is 0. The van der Waals surface area contributed by atoms with E-state index in [4.69, 9.17) is 5.11 Å². The van der Waals surface area contributed by atoms with Gasteiger partial charge < -0.3 is 5.11 Å². The highest BCUT2D eigenvalue weighted by molar-refractivity contribution is 8.03. The largest absolute Gasteiger partial charge is 0.381 e. The van der Waals surface area contributed by atoms with E-state index in [-0.39, 0.29) is 0 Å². The topological polar surface area (TPSA) is 20.2 Å². The standard InChI is InChI=1S/C5H8OS/c1-5(6)3-4-7-2/h5-6H,1-2H3. The van der Waals surface area contributed by atoms with Gasteiger partial charge in [-0.15, -0.1) is 0 Å². The summed E-state index contributed by atoms with van der Waals surface area (Å²) in [5.41, 5.74) is 0. The fraction of sp³-hybridized carbons (Fsp3) is 0.600. The molecular formula is C5H8OS. The molecule has 40 valence electrons. The molecule has 0 bridgehead atoms. The van der Waals surface area contributed by atoms with Gasteiger partial charge in [-0.05, 0) is 18.4 Å². The molecule has 0 aromatic carbocycles. The van der Waals surface area contributed by atoms with Gasteiger partial charge in [0.2, 0.25) is 0 Å². The lowest BCUT2D eigenvalue weighted by atomic mass is 10.4. The van der Waals surface area contributed by atoms with E-state index < -0.39 is 6.10 Å². The quantitative estimate of drug-likeness (QED) is 0.470. The van der Waals surface area contributed by atoms with E-state index in [1.165, 1.54) is 11.8 Å². The first-order valence-electron chi connectivity index (χ1n) is 1.99. The third kappa shape index (κ3) is 5.87. The molecule has 0 aromatic heterocycles. The second-order valence-electron chi connectivity index (χ2n) is 1.13. The maximum Gasteiger partial charge on any atom is 0.112 e. The first-order valence-corrected chi connectivity index (χ1v) is 3.21. The van der Waals surface area contributed by atoms with Crippen molar-refractivity contribution >= 4 is 11.8 Å². The molecule has 0 aromatic rings. The van der Waals surface area contributed by atoms with Crippen molar-refractivity contribution in [3.8, 4) is 11.2 Å². The highest BCUT2D eigenvalue weighted by Crippen LogP contribution is 1.84. The van der Waals surface area contributed by atoms with Crippen LogP contribution in [0.4, 0.5) is 0 Å². The van der Waals surface area contributed by atoms with Crippen molar-refractivity contribution in [2.75, 3.05) is 6.26 Å². The Hall–Kier alpha value is -0.130. The van der Waals surface area contributed by atoms with Gasteiger partial charge in [-0.1, -0.05) is 17.7 Å². The summed E-state index contributed by atoms with van der Waals surface area (Å²) in [7, 11) is 0. The highest BCUT2D eigenvalue weighted by atomic mass is 32.2. The molecule has 0 fully saturated rings. The van der Waals surface area contributed by atoms with E-state index in [1.54, 1.807) is 6.92 Å². The number of rotatable bonds is 0. The van der Waals surface area contributed by atoms with Crippen molar-refractivity contribution in [1.29, 1.82) is 0 Å². The number of aliphatic hydroxyl groups excluding tert-OH is 1. The Bertz CT molecular complexity index is 88.0. The minimum Gasteiger partial charge on any atom is -0.381 e. The zero-order valence-corrected chi connectivity index (χ0v) is 5.25. The smallest absolute Gasteiger partial charge is 0.112 e. The molecule has 1 N–H and O–H groups in total. The van der Waals surface area contributed by atoms with Crippen molar-refractivity contribution < 1.29 is 5.11 Å². The summed E-state index contributed by atoms with van der Waals surface area (Å²) in [5.74, 6) is 2.56. The van der Waals surface area contributed by atoms with Gasteiger partial charge in [-0.3, -0.25) is 0 Å². The number of aliphatic hydroxyl groups is 1. The predicted molar refractivity (Wildman–Crippen MR) is 33.0 cm³/mol. The Labute approximate surface area is 48.1 Å². The summed E-state index contributed by atoms with van der Waals surface area (Å²) in [6.07, 6.45) is 1.39. The molecule has 0 spiro atoms. The highest BCUT2D eigenvalue weighted by Gasteiger charge is 1.79. The molecule has 0 heterocycles. The lowest BCUT2D eigenvalue weighted by molar-refractivity contribution is 0.253. The average molecular weight is 116 g/mol. The molecule has 0 aliphatic rings. The molecule has 0 saturated carbocycles. The molecule has 0 rings (SSSR count). The van der Waals surface area contributed by atoms with Gasteiger partial charge in [0.15, 0.2) is 0 Å². The Morgan fingerprint density at radius 2 is 2.29 bits per heavy atom. The Kier molecular flexibility index (Phi) is 3.97. The minimum atomic E-state index is -0.479. The predicted octanol–water partition coefficient (Wildman–Crippen LogP) is 0.691. The Morgan fingerprint density at radius 3 is 2.43 bits per heavy atom.